The summed E-state index contributed by atoms with van der Waals surface area (Å²) in [6.45, 7) is 1.76. The molecule has 0 unspecified atom stereocenters. The number of rotatable bonds is 4. The van der Waals surface area contributed by atoms with Crippen molar-refractivity contribution in [1.82, 2.24) is 19.6 Å². The van der Waals surface area contributed by atoms with E-state index in [1.165, 1.54) is 0 Å². The first-order chi connectivity index (χ1) is 12.7. The van der Waals surface area contributed by atoms with Crippen LogP contribution in [0.1, 0.15) is 29.5 Å². The number of hydrogen-bond donors (Lipinski definition) is 2. The van der Waals surface area contributed by atoms with Gasteiger partial charge in [-0.2, -0.15) is 0 Å². The van der Waals surface area contributed by atoms with Gasteiger partial charge in [0.25, 0.3) is 0 Å². The summed E-state index contributed by atoms with van der Waals surface area (Å²) in [6, 6.07) is 9.71. The van der Waals surface area contributed by atoms with Gasteiger partial charge in [0.2, 0.25) is 0 Å². The molecule has 0 bridgehead atoms. The Morgan fingerprint density at radius 2 is 2.15 bits per heavy atom. The van der Waals surface area contributed by atoms with Gasteiger partial charge in [0, 0.05) is 30.4 Å². The summed E-state index contributed by atoms with van der Waals surface area (Å²) in [5.41, 5.74) is 1.72. The smallest absolute Gasteiger partial charge is 0.317 e. The van der Waals surface area contributed by atoms with Crippen LogP contribution in [0.5, 0.6) is 0 Å². The van der Waals surface area contributed by atoms with E-state index in [0.717, 1.165) is 29.1 Å². The molecule has 0 spiro atoms. The number of carbonyl (C=O) groups excluding carboxylic acids is 1. The highest BCUT2D eigenvalue weighted by atomic mass is 32.1. The van der Waals surface area contributed by atoms with Crippen molar-refractivity contribution >= 4 is 23.0 Å². The summed E-state index contributed by atoms with van der Waals surface area (Å²) >= 11 is 1.59. The van der Waals surface area contributed by atoms with Gasteiger partial charge in [-0.3, -0.25) is 0 Å². The van der Waals surface area contributed by atoms with Gasteiger partial charge >= 0.3 is 6.03 Å². The number of aliphatic hydroxyl groups is 1. The van der Waals surface area contributed by atoms with E-state index < -0.39 is 6.10 Å². The molecule has 1 saturated heterocycles. The van der Waals surface area contributed by atoms with Crippen molar-refractivity contribution < 1.29 is 9.90 Å². The van der Waals surface area contributed by atoms with Gasteiger partial charge in [0.1, 0.15) is 5.65 Å². The van der Waals surface area contributed by atoms with E-state index in [9.17, 15) is 9.90 Å². The van der Waals surface area contributed by atoms with Gasteiger partial charge < -0.3 is 19.7 Å². The SMILES string of the molecule is O=C(NCc1cn2ccccc2n1)N1CCC([C@H](O)c2cccs2)CC1. The fourth-order valence-electron chi connectivity index (χ4n) is 3.46. The number of piperidine rings is 1. The molecule has 26 heavy (non-hydrogen) atoms. The highest BCUT2D eigenvalue weighted by molar-refractivity contribution is 7.10. The molecular weight excluding hydrogens is 348 g/mol. The first-order valence-corrected chi connectivity index (χ1v) is 9.75. The fourth-order valence-corrected chi connectivity index (χ4v) is 4.26. The second-order valence-electron chi connectivity index (χ2n) is 6.64. The maximum Gasteiger partial charge on any atom is 0.317 e. The largest absolute Gasteiger partial charge is 0.387 e. The predicted molar refractivity (Wildman–Crippen MR) is 101 cm³/mol. The number of pyridine rings is 1. The number of aliphatic hydroxyl groups excluding tert-OH is 1. The van der Waals surface area contributed by atoms with Crippen LogP contribution in [0.15, 0.2) is 48.1 Å². The molecule has 0 aliphatic carbocycles. The van der Waals surface area contributed by atoms with Crippen molar-refractivity contribution in [3.05, 3.63) is 58.7 Å². The Hall–Kier alpha value is -2.38. The zero-order chi connectivity index (χ0) is 17.9. The zero-order valence-corrected chi connectivity index (χ0v) is 15.2. The van der Waals surface area contributed by atoms with Crippen LogP contribution in [-0.2, 0) is 6.54 Å². The zero-order valence-electron chi connectivity index (χ0n) is 14.4. The summed E-state index contributed by atoms with van der Waals surface area (Å²) < 4.78 is 1.94. The molecule has 3 aromatic rings. The average molecular weight is 370 g/mol. The summed E-state index contributed by atoms with van der Waals surface area (Å²) in [6.07, 6.45) is 5.09. The van der Waals surface area contributed by atoms with Crippen molar-refractivity contribution in [3.63, 3.8) is 0 Å². The van der Waals surface area contributed by atoms with Gasteiger partial charge in [-0.05, 0) is 42.3 Å². The van der Waals surface area contributed by atoms with Crippen LogP contribution in [0.2, 0.25) is 0 Å². The lowest BCUT2D eigenvalue weighted by molar-refractivity contribution is 0.0689. The van der Waals surface area contributed by atoms with Crippen molar-refractivity contribution in [3.8, 4) is 0 Å². The van der Waals surface area contributed by atoms with Crippen molar-refractivity contribution in [1.29, 1.82) is 0 Å². The molecule has 1 aliphatic heterocycles. The number of nitrogens with zero attached hydrogens (tertiary/aromatic N) is 3. The van der Waals surface area contributed by atoms with E-state index in [2.05, 4.69) is 10.3 Å². The van der Waals surface area contributed by atoms with Crippen LogP contribution >= 0.6 is 11.3 Å². The number of hydrogen-bond acceptors (Lipinski definition) is 4. The third-order valence-electron chi connectivity index (χ3n) is 4.94. The molecule has 0 aromatic carbocycles. The second-order valence-corrected chi connectivity index (χ2v) is 7.62. The second kappa shape index (κ2) is 7.47. The van der Waals surface area contributed by atoms with Gasteiger partial charge in [0.15, 0.2) is 0 Å². The standard InChI is InChI=1S/C19H22N4O2S/c24-18(16-4-3-11-26-16)14-6-9-22(10-7-14)19(25)20-12-15-13-23-8-2-1-5-17(23)21-15/h1-5,8,11,13-14,18,24H,6-7,9-10,12H2,(H,20,25)/t18-/m0/s1. The Bertz CT molecular complexity index is 836. The lowest BCUT2D eigenvalue weighted by Crippen LogP contribution is -2.44. The molecule has 0 saturated carbocycles. The Labute approximate surface area is 156 Å². The van der Waals surface area contributed by atoms with E-state index in [1.807, 2.05) is 57.4 Å². The normalized spacial score (nSPS) is 16.7. The molecule has 136 valence electrons. The maximum absolute atomic E-state index is 12.4. The lowest BCUT2D eigenvalue weighted by Gasteiger charge is -2.33. The Kier molecular flexibility index (Phi) is 4.90. The molecule has 2 N–H and O–H groups in total. The molecule has 4 rings (SSSR count). The number of likely N-dealkylation sites (tertiary alicyclic amines) is 1. The topological polar surface area (TPSA) is 69.9 Å². The third-order valence-corrected chi connectivity index (χ3v) is 5.89. The Morgan fingerprint density at radius 1 is 1.31 bits per heavy atom. The molecule has 7 heteroatoms. The summed E-state index contributed by atoms with van der Waals surface area (Å²) in [7, 11) is 0. The van der Waals surface area contributed by atoms with Crippen LogP contribution in [0.3, 0.4) is 0 Å². The van der Waals surface area contributed by atoms with E-state index >= 15 is 0 Å². The van der Waals surface area contributed by atoms with Crippen LogP contribution < -0.4 is 5.32 Å². The first-order valence-electron chi connectivity index (χ1n) is 8.87. The summed E-state index contributed by atoms with van der Waals surface area (Å²) in [4.78, 5) is 19.7. The monoisotopic (exact) mass is 370 g/mol. The van der Waals surface area contributed by atoms with Gasteiger partial charge in [-0.1, -0.05) is 12.1 Å². The minimum atomic E-state index is -0.418. The maximum atomic E-state index is 12.4. The van der Waals surface area contributed by atoms with Gasteiger partial charge in [-0.15, -0.1) is 11.3 Å². The quantitative estimate of drug-likeness (QED) is 0.742. The number of aromatic nitrogens is 2. The molecule has 1 fully saturated rings. The number of fused-ring (bicyclic) bond motifs is 1. The molecule has 4 heterocycles. The first kappa shape index (κ1) is 17.1. The minimum absolute atomic E-state index is 0.0638. The highest BCUT2D eigenvalue weighted by Gasteiger charge is 2.28. The van der Waals surface area contributed by atoms with Crippen molar-refractivity contribution in [2.75, 3.05) is 13.1 Å². The summed E-state index contributed by atoms with van der Waals surface area (Å²) in [5.74, 6) is 0.219. The number of imidazole rings is 1. The predicted octanol–water partition coefficient (Wildman–Crippen LogP) is 3.05. The Balaban J connectivity index is 1.28. The average Bonchev–Trinajstić information content (AvgIpc) is 3.35. The molecule has 1 atom stereocenters. The molecule has 0 radical (unpaired) electrons. The van der Waals surface area contributed by atoms with Crippen LogP contribution in [0.4, 0.5) is 4.79 Å². The van der Waals surface area contributed by atoms with Gasteiger partial charge in [-0.25, -0.2) is 9.78 Å². The molecule has 6 nitrogen and oxygen atoms in total. The van der Waals surface area contributed by atoms with Crippen molar-refractivity contribution in [2.45, 2.75) is 25.5 Å². The Morgan fingerprint density at radius 3 is 2.88 bits per heavy atom. The van der Waals surface area contributed by atoms with Crippen molar-refractivity contribution in [2.24, 2.45) is 5.92 Å². The van der Waals surface area contributed by atoms with Crippen LogP contribution in [0.25, 0.3) is 5.65 Å². The highest BCUT2D eigenvalue weighted by Crippen LogP contribution is 2.32. The van der Waals surface area contributed by atoms with Gasteiger partial charge in [0.05, 0.1) is 18.3 Å². The lowest BCUT2D eigenvalue weighted by atomic mass is 9.90. The number of amides is 2. The van der Waals surface area contributed by atoms with E-state index in [0.29, 0.717) is 19.6 Å². The molecular formula is C19H22N4O2S. The molecule has 3 aromatic heterocycles. The van der Waals surface area contributed by atoms with E-state index in [-0.39, 0.29) is 11.9 Å². The van der Waals surface area contributed by atoms with Crippen LogP contribution in [-0.4, -0.2) is 38.5 Å². The molecule has 2 amide bonds. The number of urea groups is 1. The van der Waals surface area contributed by atoms with E-state index in [1.54, 1.807) is 11.3 Å². The number of carbonyl (C=O) groups is 1. The number of thiophene rings is 1. The third kappa shape index (κ3) is 3.59. The number of nitrogens with one attached hydrogen (secondary N) is 1. The van der Waals surface area contributed by atoms with E-state index in [4.69, 9.17) is 0 Å². The fraction of sp³-hybridized carbons (Fsp3) is 0.368. The molecule has 1 aliphatic rings. The van der Waals surface area contributed by atoms with Crippen LogP contribution in [0, 0.1) is 5.92 Å². The minimum Gasteiger partial charge on any atom is -0.387 e. The summed E-state index contributed by atoms with van der Waals surface area (Å²) in [5, 5.41) is 15.4.